The summed E-state index contributed by atoms with van der Waals surface area (Å²) >= 11 is 0. The lowest BCUT2D eigenvalue weighted by Crippen LogP contribution is -2.07. The highest BCUT2D eigenvalue weighted by molar-refractivity contribution is 5.88. The lowest BCUT2D eigenvalue weighted by atomic mass is 10.2. The molecule has 5 heteroatoms. The zero-order chi connectivity index (χ0) is 13.5. The maximum absolute atomic E-state index is 11.5. The highest BCUT2D eigenvalue weighted by atomic mass is 16.5. The molecule has 0 saturated carbocycles. The van der Waals surface area contributed by atoms with Crippen LogP contribution in [0.4, 0.5) is 5.69 Å². The molecule has 0 amide bonds. The van der Waals surface area contributed by atoms with Crippen molar-refractivity contribution in [3.63, 3.8) is 0 Å². The van der Waals surface area contributed by atoms with Gasteiger partial charge in [-0.3, -0.25) is 0 Å². The summed E-state index contributed by atoms with van der Waals surface area (Å²) in [5, 5.41) is 17.0. The van der Waals surface area contributed by atoms with Crippen molar-refractivity contribution in [1.29, 1.82) is 0 Å². The van der Waals surface area contributed by atoms with E-state index in [1.807, 2.05) is 19.1 Å². The molecule has 0 fully saturated rings. The second-order valence-corrected chi connectivity index (χ2v) is 3.69. The van der Waals surface area contributed by atoms with Gasteiger partial charge in [0.25, 0.3) is 0 Å². The van der Waals surface area contributed by atoms with Gasteiger partial charge >= 0.3 is 5.97 Å². The average molecular weight is 248 g/mol. The van der Waals surface area contributed by atoms with Gasteiger partial charge in [-0.2, -0.15) is 5.11 Å². The quantitative estimate of drug-likeness (QED) is 0.384. The first-order chi connectivity index (χ1) is 8.54. The Morgan fingerprint density at radius 2 is 1.94 bits per heavy atom. The van der Waals surface area contributed by atoms with Gasteiger partial charge in [-0.05, 0) is 32.9 Å². The van der Waals surface area contributed by atoms with Crippen LogP contribution < -0.4 is 0 Å². The van der Waals surface area contributed by atoms with E-state index in [4.69, 9.17) is 4.74 Å². The van der Waals surface area contributed by atoms with Crippen molar-refractivity contribution in [3.05, 3.63) is 41.3 Å². The minimum absolute atomic E-state index is 0.183. The fourth-order valence-corrected chi connectivity index (χ4v) is 1.18. The second kappa shape index (κ2) is 6.54. The lowest BCUT2D eigenvalue weighted by molar-refractivity contribution is -0.138. The Labute approximate surface area is 106 Å². The Morgan fingerprint density at radius 3 is 2.44 bits per heavy atom. The summed E-state index contributed by atoms with van der Waals surface area (Å²) in [6, 6.07) is 7.31. The number of rotatable bonds is 4. The zero-order valence-corrected chi connectivity index (χ0v) is 10.7. The molecule has 0 bridgehead atoms. The third-order valence-corrected chi connectivity index (χ3v) is 2.11. The first kappa shape index (κ1) is 13.9. The molecule has 0 radical (unpaired) electrons. The van der Waals surface area contributed by atoms with Crippen molar-refractivity contribution in [1.82, 2.24) is 0 Å². The summed E-state index contributed by atoms with van der Waals surface area (Å²) in [7, 11) is 0. The fourth-order valence-electron chi connectivity index (χ4n) is 1.18. The van der Waals surface area contributed by atoms with Crippen molar-refractivity contribution in [2.45, 2.75) is 20.8 Å². The van der Waals surface area contributed by atoms with Gasteiger partial charge in [-0.15, -0.1) is 5.11 Å². The molecule has 1 aromatic rings. The van der Waals surface area contributed by atoms with Crippen LogP contribution in [0.2, 0.25) is 0 Å². The molecule has 96 valence electrons. The number of nitrogens with zero attached hydrogens (tertiary/aromatic N) is 2. The van der Waals surface area contributed by atoms with E-state index in [0.717, 1.165) is 5.56 Å². The lowest BCUT2D eigenvalue weighted by Gasteiger charge is -2.02. The van der Waals surface area contributed by atoms with Crippen LogP contribution >= 0.6 is 0 Å². The molecule has 0 aromatic heterocycles. The fraction of sp³-hybridized carbons (Fsp3) is 0.308. The minimum atomic E-state index is -0.687. The van der Waals surface area contributed by atoms with Gasteiger partial charge in [-0.1, -0.05) is 17.7 Å². The van der Waals surface area contributed by atoms with Gasteiger partial charge in [0.2, 0.25) is 5.70 Å². The molecule has 18 heavy (non-hydrogen) atoms. The van der Waals surface area contributed by atoms with E-state index in [2.05, 4.69) is 10.2 Å². The van der Waals surface area contributed by atoms with Crippen LogP contribution in [-0.2, 0) is 9.53 Å². The molecule has 0 aliphatic heterocycles. The van der Waals surface area contributed by atoms with E-state index in [0.29, 0.717) is 5.69 Å². The molecule has 1 N–H and O–H groups in total. The summed E-state index contributed by atoms with van der Waals surface area (Å²) in [6.07, 6.45) is 0. The van der Waals surface area contributed by atoms with Crippen molar-refractivity contribution in [2.24, 2.45) is 10.2 Å². The summed E-state index contributed by atoms with van der Waals surface area (Å²) in [5.41, 5.74) is 1.52. The molecule has 0 heterocycles. The Balaban J connectivity index is 2.88. The van der Waals surface area contributed by atoms with E-state index in [1.54, 1.807) is 19.1 Å². The number of aliphatic hydroxyl groups is 1. The third-order valence-electron chi connectivity index (χ3n) is 2.11. The third kappa shape index (κ3) is 4.01. The number of esters is 1. The number of aryl methyl sites for hydroxylation is 1. The SMILES string of the molecule is CCOC(=O)/C(N=Nc1ccc(C)cc1)=C(/C)O. The largest absolute Gasteiger partial charge is 0.510 e. The topological polar surface area (TPSA) is 71.2 Å². The van der Waals surface area contributed by atoms with E-state index in [-0.39, 0.29) is 18.1 Å². The van der Waals surface area contributed by atoms with Crippen LogP contribution in [0.3, 0.4) is 0 Å². The second-order valence-electron chi connectivity index (χ2n) is 3.69. The molecule has 0 unspecified atom stereocenters. The molecule has 0 spiro atoms. The molecule has 5 nitrogen and oxygen atoms in total. The van der Waals surface area contributed by atoms with Crippen LogP contribution in [0.15, 0.2) is 46.0 Å². The van der Waals surface area contributed by atoms with Crippen molar-refractivity contribution in [2.75, 3.05) is 6.61 Å². The van der Waals surface area contributed by atoms with Crippen LogP contribution in [0.25, 0.3) is 0 Å². The summed E-state index contributed by atoms with van der Waals surface area (Å²) in [6.45, 7) is 5.22. The first-order valence-corrected chi connectivity index (χ1v) is 5.60. The predicted octanol–water partition coefficient (Wildman–Crippen LogP) is 3.43. The van der Waals surface area contributed by atoms with E-state index in [1.165, 1.54) is 6.92 Å². The summed E-state index contributed by atoms with van der Waals surface area (Å²) in [5.74, 6) is -0.905. The predicted molar refractivity (Wildman–Crippen MR) is 67.7 cm³/mol. The molecule has 0 saturated heterocycles. The minimum Gasteiger partial charge on any atom is -0.510 e. The number of allylic oxidation sites excluding steroid dienone is 1. The first-order valence-electron chi connectivity index (χ1n) is 5.60. The summed E-state index contributed by atoms with van der Waals surface area (Å²) in [4.78, 5) is 11.5. The number of carbonyl (C=O) groups excluding carboxylic acids is 1. The maximum Gasteiger partial charge on any atom is 0.362 e. The standard InChI is InChI=1S/C13H16N2O3/c1-4-18-13(17)12(10(3)16)15-14-11-7-5-9(2)6-8-11/h5-8,16H,4H2,1-3H3/b12-10+,15-14?. The number of benzene rings is 1. The normalized spacial score (nSPS) is 12.4. The number of aliphatic hydroxyl groups excluding tert-OH is 1. The van der Waals surface area contributed by atoms with Crippen LogP contribution in [0.1, 0.15) is 19.4 Å². The van der Waals surface area contributed by atoms with Gasteiger partial charge in [0, 0.05) is 0 Å². The van der Waals surface area contributed by atoms with E-state index >= 15 is 0 Å². The van der Waals surface area contributed by atoms with Gasteiger partial charge in [0.15, 0.2) is 0 Å². The monoisotopic (exact) mass is 248 g/mol. The Morgan fingerprint density at radius 1 is 1.33 bits per heavy atom. The van der Waals surface area contributed by atoms with Crippen LogP contribution in [0.5, 0.6) is 0 Å². The Kier molecular flexibility index (Phi) is 5.05. The Hall–Kier alpha value is -2.17. The van der Waals surface area contributed by atoms with Gasteiger partial charge in [0.1, 0.15) is 5.76 Å². The summed E-state index contributed by atoms with van der Waals surface area (Å²) < 4.78 is 4.76. The van der Waals surface area contributed by atoms with E-state index < -0.39 is 5.97 Å². The van der Waals surface area contributed by atoms with Crippen molar-refractivity contribution in [3.8, 4) is 0 Å². The highest BCUT2D eigenvalue weighted by Gasteiger charge is 2.13. The number of carbonyl (C=O) groups is 1. The highest BCUT2D eigenvalue weighted by Crippen LogP contribution is 2.16. The molecule has 1 aromatic carbocycles. The average Bonchev–Trinajstić information content (AvgIpc) is 2.31. The molecular weight excluding hydrogens is 232 g/mol. The maximum atomic E-state index is 11.5. The van der Waals surface area contributed by atoms with Crippen molar-refractivity contribution < 1.29 is 14.6 Å². The smallest absolute Gasteiger partial charge is 0.362 e. The number of azo groups is 1. The van der Waals surface area contributed by atoms with Gasteiger partial charge < -0.3 is 9.84 Å². The molecule has 1 rings (SSSR count). The van der Waals surface area contributed by atoms with Gasteiger partial charge in [0.05, 0.1) is 12.3 Å². The van der Waals surface area contributed by atoms with Gasteiger partial charge in [-0.25, -0.2) is 4.79 Å². The van der Waals surface area contributed by atoms with Crippen LogP contribution in [0, 0.1) is 6.92 Å². The van der Waals surface area contributed by atoms with E-state index in [9.17, 15) is 9.90 Å². The van der Waals surface area contributed by atoms with Crippen LogP contribution in [-0.4, -0.2) is 17.7 Å². The molecular formula is C13H16N2O3. The Bertz CT molecular complexity index is 472. The molecule has 0 aliphatic carbocycles. The number of ether oxygens (including phenoxy) is 1. The zero-order valence-electron chi connectivity index (χ0n) is 10.7. The van der Waals surface area contributed by atoms with Crippen molar-refractivity contribution >= 4 is 11.7 Å². The number of hydrogen-bond donors (Lipinski definition) is 1. The number of hydrogen-bond acceptors (Lipinski definition) is 5. The molecule has 0 atom stereocenters. The molecule has 0 aliphatic rings.